The minimum Gasteiger partial charge on any atom is -0.372 e. The van der Waals surface area contributed by atoms with E-state index in [9.17, 15) is 0 Å². The molecule has 0 bridgehead atoms. The Kier molecular flexibility index (Phi) is 4.00. The number of pyridine rings is 1. The van der Waals surface area contributed by atoms with Gasteiger partial charge >= 0.3 is 0 Å². The highest BCUT2D eigenvalue weighted by molar-refractivity contribution is 5.90. The number of aromatic nitrogens is 3. The summed E-state index contributed by atoms with van der Waals surface area (Å²) in [5.74, 6) is 1.55. The van der Waals surface area contributed by atoms with Crippen LogP contribution in [0, 0.1) is 13.8 Å². The van der Waals surface area contributed by atoms with Crippen LogP contribution in [0.25, 0.3) is 11.0 Å². The molecule has 0 spiro atoms. The van der Waals surface area contributed by atoms with E-state index >= 15 is 0 Å². The lowest BCUT2D eigenvalue weighted by atomic mass is 9.96. The molecule has 2 aliphatic rings. The van der Waals surface area contributed by atoms with Crippen molar-refractivity contribution in [1.82, 2.24) is 19.9 Å². The van der Waals surface area contributed by atoms with E-state index in [4.69, 9.17) is 9.97 Å². The maximum atomic E-state index is 4.73. The lowest BCUT2D eigenvalue weighted by Gasteiger charge is -2.37. The summed E-state index contributed by atoms with van der Waals surface area (Å²) in [5.41, 5.74) is 2.92. The summed E-state index contributed by atoms with van der Waals surface area (Å²) in [4.78, 5) is 16.7. The summed E-state index contributed by atoms with van der Waals surface area (Å²) in [6, 6.07) is 3.15. The zero-order chi connectivity index (χ0) is 16.7. The van der Waals surface area contributed by atoms with Crippen LogP contribution < -0.4 is 10.6 Å². The van der Waals surface area contributed by atoms with Crippen molar-refractivity contribution in [3.8, 4) is 0 Å². The van der Waals surface area contributed by atoms with E-state index < -0.39 is 0 Å². The van der Waals surface area contributed by atoms with Crippen molar-refractivity contribution in [3.05, 3.63) is 17.3 Å². The smallest absolute Gasteiger partial charge is 0.227 e. The maximum absolute atomic E-state index is 4.73. The van der Waals surface area contributed by atoms with Crippen molar-refractivity contribution in [2.24, 2.45) is 0 Å². The van der Waals surface area contributed by atoms with Crippen molar-refractivity contribution >= 4 is 22.8 Å². The third-order valence-electron chi connectivity index (χ3n) is 5.38. The average molecular weight is 326 g/mol. The minimum atomic E-state index is 0.439. The Morgan fingerprint density at radius 1 is 1.08 bits per heavy atom. The highest BCUT2D eigenvalue weighted by Crippen LogP contribution is 2.30. The number of nitrogens with zero attached hydrogens (tertiary/aromatic N) is 4. The number of hydrogen-bond donors (Lipinski definition) is 2. The molecule has 2 aliphatic heterocycles. The van der Waals surface area contributed by atoms with E-state index in [-0.39, 0.29) is 0 Å². The number of hydrogen-bond acceptors (Lipinski definition) is 6. The summed E-state index contributed by atoms with van der Waals surface area (Å²) < 4.78 is 0. The Labute approximate surface area is 143 Å². The Hall–Kier alpha value is -1.95. The van der Waals surface area contributed by atoms with Gasteiger partial charge in [-0.25, -0.2) is 4.98 Å². The molecule has 0 aliphatic carbocycles. The van der Waals surface area contributed by atoms with Gasteiger partial charge < -0.3 is 10.6 Å². The van der Waals surface area contributed by atoms with E-state index in [2.05, 4.69) is 33.5 Å². The van der Waals surface area contributed by atoms with E-state index in [1.54, 1.807) is 0 Å². The van der Waals surface area contributed by atoms with Gasteiger partial charge in [0.05, 0.1) is 5.39 Å². The summed E-state index contributed by atoms with van der Waals surface area (Å²) in [6.45, 7) is 6.58. The third-order valence-corrected chi connectivity index (χ3v) is 5.38. The zero-order valence-corrected chi connectivity index (χ0v) is 14.8. The molecule has 4 rings (SSSR count). The molecule has 2 aromatic heterocycles. The van der Waals surface area contributed by atoms with Crippen molar-refractivity contribution < 1.29 is 0 Å². The molecule has 0 unspecified atom stereocenters. The fraction of sp³-hybridized carbons (Fsp3) is 0.611. The number of aryl methyl sites for hydroxylation is 2. The standard InChI is InChI=1S/C18H26N6/c1-11-10-12(2)20-17-15(11)16(19-3)22-18(23-17)21-13-6-4-8-24-9-5-7-14(13)24/h10,13-14H,4-9H2,1-3H3,(H2,19,20,21,22,23)/t13-,14-/m0/s1. The quantitative estimate of drug-likeness (QED) is 0.904. The van der Waals surface area contributed by atoms with Gasteiger partial charge in [0.1, 0.15) is 5.82 Å². The molecule has 0 radical (unpaired) electrons. The molecule has 2 aromatic rings. The van der Waals surface area contributed by atoms with Crippen molar-refractivity contribution in [3.63, 3.8) is 0 Å². The Morgan fingerprint density at radius 2 is 1.88 bits per heavy atom. The highest BCUT2D eigenvalue weighted by Gasteiger charge is 2.35. The molecule has 128 valence electrons. The summed E-state index contributed by atoms with van der Waals surface area (Å²) in [7, 11) is 1.91. The predicted octanol–water partition coefficient (Wildman–Crippen LogP) is 2.72. The number of nitrogens with one attached hydrogen (secondary N) is 2. The van der Waals surface area contributed by atoms with Crippen LogP contribution in [0.1, 0.15) is 36.9 Å². The largest absolute Gasteiger partial charge is 0.372 e. The molecule has 6 heteroatoms. The first-order valence-electron chi connectivity index (χ1n) is 9.00. The number of fused-ring (bicyclic) bond motifs is 2. The van der Waals surface area contributed by atoms with Crippen LogP contribution in [0.15, 0.2) is 6.07 Å². The van der Waals surface area contributed by atoms with Gasteiger partial charge in [-0.05, 0) is 64.3 Å². The summed E-state index contributed by atoms with van der Waals surface area (Å²) in [5, 5.41) is 7.84. The van der Waals surface area contributed by atoms with Gasteiger partial charge in [-0.3, -0.25) is 4.90 Å². The number of piperidine rings is 1. The molecule has 6 nitrogen and oxygen atoms in total. The van der Waals surface area contributed by atoms with Crippen LogP contribution in [-0.4, -0.2) is 52.1 Å². The number of rotatable bonds is 3. The molecule has 4 heterocycles. The minimum absolute atomic E-state index is 0.439. The second kappa shape index (κ2) is 6.16. The fourth-order valence-electron chi connectivity index (χ4n) is 4.35. The van der Waals surface area contributed by atoms with E-state index in [0.29, 0.717) is 18.0 Å². The lowest BCUT2D eigenvalue weighted by molar-refractivity contribution is 0.182. The van der Waals surface area contributed by atoms with Gasteiger partial charge in [0.15, 0.2) is 5.65 Å². The zero-order valence-electron chi connectivity index (χ0n) is 14.8. The van der Waals surface area contributed by atoms with Gasteiger partial charge in [-0.2, -0.15) is 9.97 Å². The molecular weight excluding hydrogens is 300 g/mol. The molecule has 0 saturated carbocycles. The highest BCUT2D eigenvalue weighted by atomic mass is 15.2. The topological polar surface area (TPSA) is 66.0 Å². The molecule has 2 atom stereocenters. The number of anilines is 2. The molecule has 0 amide bonds. The SMILES string of the molecule is CNc1nc(N[C@H]2CCCN3CCC[C@@H]23)nc2nc(C)cc(C)c12. The van der Waals surface area contributed by atoms with E-state index in [1.807, 2.05) is 14.0 Å². The van der Waals surface area contributed by atoms with Gasteiger partial charge in [0.2, 0.25) is 5.95 Å². The fourth-order valence-corrected chi connectivity index (χ4v) is 4.35. The van der Waals surface area contributed by atoms with Crippen LogP contribution in [0.5, 0.6) is 0 Å². The first-order chi connectivity index (χ1) is 11.7. The van der Waals surface area contributed by atoms with Crippen LogP contribution in [0.4, 0.5) is 11.8 Å². The van der Waals surface area contributed by atoms with Crippen molar-refractivity contribution in [2.75, 3.05) is 30.8 Å². The summed E-state index contributed by atoms with van der Waals surface area (Å²) in [6.07, 6.45) is 5.03. The van der Waals surface area contributed by atoms with Gasteiger partial charge in [0.25, 0.3) is 0 Å². The molecule has 0 aromatic carbocycles. The Morgan fingerprint density at radius 3 is 2.67 bits per heavy atom. The van der Waals surface area contributed by atoms with Crippen LogP contribution >= 0.6 is 0 Å². The van der Waals surface area contributed by atoms with Gasteiger partial charge in [-0.1, -0.05) is 0 Å². The van der Waals surface area contributed by atoms with E-state index in [1.165, 1.54) is 38.8 Å². The van der Waals surface area contributed by atoms with Crippen LogP contribution in [0.2, 0.25) is 0 Å². The summed E-state index contributed by atoms with van der Waals surface area (Å²) >= 11 is 0. The van der Waals surface area contributed by atoms with E-state index in [0.717, 1.165) is 28.1 Å². The first kappa shape index (κ1) is 15.6. The second-order valence-electron chi connectivity index (χ2n) is 7.06. The second-order valence-corrected chi connectivity index (χ2v) is 7.06. The Bertz CT molecular complexity index is 759. The normalized spacial score (nSPS) is 24.1. The molecule has 24 heavy (non-hydrogen) atoms. The average Bonchev–Trinajstić information content (AvgIpc) is 3.03. The van der Waals surface area contributed by atoms with Gasteiger partial charge in [-0.15, -0.1) is 0 Å². The molecule has 2 saturated heterocycles. The van der Waals surface area contributed by atoms with Crippen LogP contribution in [-0.2, 0) is 0 Å². The molecule has 2 fully saturated rings. The molecular formula is C18H26N6. The monoisotopic (exact) mass is 326 g/mol. The van der Waals surface area contributed by atoms with Crippen molar-refractivity contribution in [2.45, 2.75) is 51.6 Å². The van der Waals surface area contributed by atoms with Gasteiger partial charge in [0, 0.05) is 24.8 Å². The third kappa shape index (κ3) is 2.69. The lowest BCUT2D eigenvalue weighted by Crippen LogP contribution is -2.47. The molecule has 2 N–H and O–H groups in total. The predicted molar refractivity (Wildman–Crippen MR) is 97.6 cm³/mol. The van der Waals surface area contributed by atoms with Crippen molar-refractivity contribution in [1.29, 1.82) is 0 Å². The maximum Gasteiger partial charge on any atom is 0.227 e. The van der Waals surface area contributed by atoms with Crippen LogP contribution in [0.3, 0.4) is 0 Å². The Balaban J connectivity index is 1.69. The first-order valence-corrected chi connectivity index (χ1v) is 9.00.